The summed E-state index contributed by atoms with van der Waals surface area (Å²) in [5, 5.41) is -0.234. The third kappa shape index (κ3) is 2.47. The largest absolute Gasteiger partial charge is 0.279 e. The number of rotatable bonds is 3. The highest BCUT2D eigenvalue weighted by Gasteiger charge is 2.34. The van der Waals surface area contributed by atoms with E-state index < -0.39 is 10.2 Å². The number of hydrogen-bond acceptors (Lipinski definition) is 2. The van der Waals surface area contributed by atoms with E-state index in [1.54, 1.807) is 0 Å². The summed E-state index contributed by atoms with van der Waals surface area (Å²) in [4.78, 5) is 0. The van der Waals surface area contributed by atoms with Gasteiger partial charge in [-0.25, -0.2) is 0 Å². The lowest BCUT2D eigenvalue weighted by molar-refractivity contribution is 0.489. The van der Waals surface area contributed by atoms with Gasteiger partial charge < -0.3 is 0 Å². The Morgan fingerprint density at radius 3 is 2.65 bits per heavy atom. The maximum Gasteiger partial charge on any atom is 0.279 e. The highest BCUT2D eigenvalue weighted by atomic mass is 35.5. The third-order valence-corrected chi connectivity index (χ3v) is 4.84. The lowest BCUT2D eigenvalue weighted by Crippen LogP contribution is -2.39. The van der Waals surface area contributed by atoms with Crippen molar-refractivity contribution < 1.29 is 8.42 Å². The Balaban J connectivity index is 2.29. The zero-order valence-electron chi connectivity index (χ0n) is 9.72. The number of nitrogens with one attached hydrogen (secondary N) is 1. The molecule has 17 heavy (non-hydrogen) atoms. The summed E-state index contributed by atoms with van der Waals surface area (Å²) in [6, 6.07) is 7.38. The van der Waals surface area contributed by atoms with E-state index in [9.17, 15) is 8.42 Å². The first kappa shape index (κ1) is 12.8. The summed E-state index contributed by atoms with van der Waals surface area (Å²) in [6.07, 6.45) is 0.693. The first-order chi connectivity index (χ1) is 7.92. The summed E-state index contributed by atoms with van der Waals surface area (Å²) in [5.74, 6) is 0. The van der Waals surface area contributed by atoms with Crippen molar-refractivity contribution in [1.29, 1.82) is 0 Å². The predicted molar refractivity (Wildman–Crippen MR) is 68.3 cm³/mol. The predicted octanol–water partition coefficient (Wildman–Crippen LogP) is 1.29. The molecule has 6 heteroatoms. The molecule has 2 atom stereocenters. The molecule has 1 aliphatic carbocycles. The second-order valence-corrected chi connectivity index (χ2v) is 6.78. The Labute approximate surface area is 107 Å². The van der Waals surface area contributed by atoms with Crippen LogP contribution in [0.4, 0.5) is 0 Å². The van der Waals surface area contributed by atoms with E-state index >= 15 is 0 Å². The summed E-state index contributed by atoms with van der Waals surface area (Å²) >= 11 is 6.21. The number of nitrogens with zero attached hydrogens (tertiary/aromatic N) is 1. The summed E-state index contributed by atoms with van der Waals surface area (Å²) in [7, 11) is -0.473. The van der Waals surface area contributed by atoms with Gasteiger partial charge in [0.15, 0.2) is 0 Å². The van der Waals surface area contributed by atoms with Crippen LogP contribution < -0.4 is 4.72 Å². The van der Waals surface area contributed by atoms with Gasteiger partial charge in [-0.15, -0.1) is 11.6 Å². The molecule has 1 N–H and O–H groups in total. The highest BCUT2D eigenvalue weighted by molar-refractivity contribution is 7.87. The van der Waals surface area contributed by atoms with Crippen LogP contribution in [-0.2, 0) is 16.6 Å². The third-order valence-electron chi connectivity index (χ3n) is 2.92. The van der Waals surface area contributed by atoms with Crippen molar-refractivity contribution in [3.63, 3.8) is 0 Å². The summed E-state index contributed by atoms with van der Waals surface area (Å²) < 4.78 is 27.4. The van der Waals surface area contributed by atoms with Gasteiger partial charge >= 0.3 is 0 Å². The fourth-order valence-electron chi connectivity index (χ4n) is 1.95. The van der Waals surface area contributed by atoms with Gasteiger partial charge in [-0.1, -0.05) is 24.3 Å². The van der Waals surface area contributed by atoms with Crippen molar-refractivity contribution in [3.8, 4) is 0 Å². The van der Waals surface area contributed by atoms with Gasteiger partial charge in [-0.3, -0.25) is 0 Å². The molecule has 0 radical (unpaired) electrons. The molecule has 0 heterocycles. The molecule has 0 aromatic heterocycles. The van der Waals surface area contributed by atoms with Gasteiger partial charge in [0, 0.05) is 14.1 Å². The lowest BCUT2D eigenvalue weighted by atomic mass is 10.1. The van der Waals surface area contributed by atoms with Crippen molar-refractivity contribution in [2.24, 2.45) is 0 Å². The van der Waals surface area contributed by atoms with Crippen LogP contribution in [0.2, 0.25) is 0 Å². The molecule has 1 aliphatic rings. The molecule has 4 nitrogen and oxygen atoms in total. The van der Waals surface area contributed by atoms with Crippen LogP contribution in [-0.4, -0.2) is 32.2 Å². The van der Waals surface area contributed by atoms with Gasteiger partial charge in [0.2, 0.25) is 0 Å². The summed E-state index contributed by atoms with van der Waals surface area (Å²) in [5.41, 5.74) is 2.08. The zero-order chi connectivity index (χ0) is 12.6. The van der Waals surface area contributed by atoms with E-state index in [1.807, 2.05) is 24.3 Å². The van der Waals surface area contributed by atoms with E-state index in [0.717, 1.165) is 15.4 Å². The topological polar surface area (TPSA) is 49.4 Å². The van der Waals surface area contributed by atoms with Gasteiger partial charge in [0.1, 0.15) is 0 Å². The number of benzene rings is 1. The second-order valence-electron chi connectivity index (χ2n) is 4.30. The molecule has 0 amide bonds. The van der Waals surface area contributed by atoms with E-state index in [2.05, 4.69) is 4.72 Å². The molecule has 0 aliphatic heterocycles. The fourth-order valence-corrected chi connectivity index (χ4v) is 3.21. The molecule has 0 saturated carbocycles. The van der Waals surface area contributed by atoms with Crippen LogP contribution in [0.15, 0.2) is 24.3 Å². The monoisotopic (exact) mass is 274 g/mol. The number of halogens is 1. The zero-order valence-corrected chi connectivity index (χ0v) is 11.3. The molecule has 2 unspecified atom stereocenters. The van der Waals surface area contributed by atoms with E-state index in [0.29, 0.717) is 6.42 Å². The van der Waals surface area contributed by atoms with Crippen LogP contribution in [0.25, 0.3) is 0 Å². The van der Waals surface area contributed by atoms with Crippen LogP contribution >= 0.6 is 11.6 Å². The van der Waals surface area contributed by atoms with Crippen molar-refractivity contribution in [1.82, 2.24) is 9.03 Å². The Morgan fingerprint density at radius 1 is 1.35 bits per heavy atom. The molecule has 0 spiro atoms. The standard InChI is InChI=1S/C11H15ClN2O2S/c1-14(2)17(15,16)13-11-9-6-4-3-5-8(9)7-10(11)12/h3-6,10-11,13H,7H2,1-2H3. The second kappa shape index (κ2) is 4.57. The van der Waals surface area contributed by atoms with Gasteiger partial charge in [-0.05, 0) is 17.5 Å². The first-order valence-corrected chi connectivity index (χ1v) is 7.21. The first-order valence-electron chi connectivity index (χ1n) is 5.33. The van der Waals surface area contributed by atoms with Crippen LogP contribution in [0, 0.1) is 0 Å². The van der Waals surface area contributed by atoms with E-state index in [-0.39, 0.29) is 11.4 Å². The van der Waals surface area contributed by atoms with Crippen molar-refractivity contribution in [3.05, 3.63) is 35.4 Å². The fraction of sp³-hybridized carbons (Fsp3) is 0.455. The van der Waals surface area contributed by atoms with Gasteiger partial charge in [0.05, 0.1) is 11.4 Å². The highest BCUT2D eigenvalue weighted by Crippen LogP contribution is 2.35. The normalized spacial score (nSPS) is 24.0. The maximum atomic E-state index is 11.8. The van der Waals surface area contributed by atoms with Crippen LogP contribution in [0.3, 0.4) is 0 Å². The molecular formula is C11H15ClN2O2S. The molecule has 0 fully saturated rings. The molecule has 0 saturated heterocycles. The summed E-state index contributed by atoms with van der Waals surface area (Å²) in [6.45, 7) is 0. The molecular weight excluding hydrogens is 260 g/mol. The number of alkyl halides is 1. The molecule has 2 rings (SSSR count). The molecule has 0 bridgehead atoms. The Hall–Kier alpha value is -0.620. The maximum absolute atomic E-state index is 11.8. The van der Waals surface area contributed by atoms with E-state index in [4.69, 9.17) is 11.6 Å². The Morgan fingerprint density at radius 2 is 2.00 bits per heavy atom. The minimum Gasteiger partial charge on any atom is -0.195 e. The minimum absolute atomic E-state index is 0.234. The smallest absolute Gasteiger partial charge is 0.195 e. The van der Waals surface area contributed by atoms with Crippen LogP contribution in [0.1, 0.15) is 17.2 Å². The van der Waals surface area contributed by atoms with Gasteiger partial charge in [0.25, 0.3) is 10.2 Å². The van der Waals surface area contributed by atoms with Crippen LogP contribution in [0.5, 0.6) is 0 Å². The average Bonchev–Trinajstić information content (AvgIpc) is 2.55. The molecule has 1 aromatic carbocycles. The molecule has 1 aromatic rings. The Kier molecular flexibility index (Phi) is 3.45. The van der Waals surface area contributed by atoms with Crippen molar-refractivity contribution >= 4 is 21.8 Å². The van der Waals surface area contributed by atoms with Crippen molar-refractivity contribution in [2.75, 3.05) is 14.1 Å². The molecule has 94 valence electrons. The lowest BCUT2D eigenvalue weighted by Gasteiger charge is -2.20. The quantitative estimate of drug-likeness (QED) is 0.845. The van der Waals surface area contributed by atoms with Gasteiger partial charge in [-0.2, -0.15) is 17.4 Å². The SMILES string of the molecule is CN(C)S(=O)(=O)NC1c2ccccc2CC1Cl. The Bertz CT molecular complexity index is 516. The van der Waals surface area contributed by atoms with E-state index in [1.165, 1.54) is 14.1 Å². The average molecular weight is 275 g/mol. The minimum atomic E-state index is -3.46. The van der Waals surface area contributed by atoms with Crippen molar-refractivity contribution in [2.45, 2.75) is 17.8 Å². The number of fused-ring (bicyclic) bond motifs is 1. The number of hydrogen-bond donors (Lipinski definition) is 1.